The van der Waals surface area contributed by atoms with Gasteiger partial charge in [0, 0.05) is 32.2 Å². The summed E-state index contributed by atoms with van der Waals surface area (Å²) in [7, 11) is 0. The third-order valence-corrected chi connectivity index (χ3v) is 3.62. The molecule has 3 amide bonds. The predicted octanol–water partition coefficient (Wildman–Crippen LogP) is -1.51. The molecule has 3 heterocycles. The van der Waals surface area contributed by atoms with E-state index in [1.165, 1.54) is 0 Å². The highest BCUT2D eigenvalue weighted by molar-refractivity contribution is 5.91. The van der Waals surface area contributed by atoms with Gasteiger partial charge in [0.2, 0.25) is 0 Å². The fourth-order valence-electron chi connectivity index (χ4n) is 2.60. The molecular weight excluding hydrogens is 264 g/mol. The van der Waals surface area contributed by atoms with Gasteiger partial charge in [-0.05, 0) is 0 Å². The van der Waals surface area contributed by atoms with Crippen LogP contribution in [-0.4, -0.2) is 59.1 Å². The molecule has 108 valence electrons. The minimum absolute atomic E-state index is 0.0104. The SMILES string of the molecule is NNC(=O)c1cc(CN2CCN3C(=O)NCC3C2)on1. The third kappa shape index (κ3) is 2.32. The number of nitrogens with two attached hydrogens (primary N) is 1. The topological polar surface area (TPSA) is 117 Å². The van der Waals surface area contributed by atoms with Gasteiger partial charge < -0.3 is 14.7 Å². The van der Waals surface area contributed by atoms with Gasteiger partial charge >= 0.3 is 6.03 Å². The third-order valence-electron chi connectivity index (χ3n) is 3.62. The van der Waals surface area contributed by atoms with Crippen LogP contribution < -0.4 is 16.6 Å². The molecule has 9 nitrogen and oxygen atoms in total. The van der Waals surface area contributed by atoms with E-state index in [2.05, 4.69) is 15.4 Å². The Balaban J connectivity index is 1.60. The number of nitrogens with zero attached hydrogens (tertiary/aromatic N) is 3. The number of carbonyl (C=O) groups is 2. The number of carbonyl (C=O) groups excluding carboxylic acids is 2. The number of hydrogen-bond acceptors (Lipinski definition) is 6. The van der Waals surface area contributed by atoms with E-state index in [9.17, 15) is 9.59 Å². The van der Waals surface area contributed by atoms with Crippen LogP contribution >= 0.6 is 0 Å². The molecule has 4 N–H and O–H groups in total. The molecule has 3 rings (SSSR count). The maximum Gasteiger partial charge on any atom is 0.317 e. The summed E-state index contributed by atoms with van der Waals surface area (Å²) in [5, 5.41) is 6.49. The lowest BCUT2D eigenvalue weighted by molar-refractivity contribution is 0.0944. The number of nitrogens with one attached hydrogen (secondary N) is 2. The van der Waals surface area contributed by atoms with Gasteiger partial charge in [0.1, 0.15) is 0 Å². The van der Waals surface area contributed by atoms with Crippen LogP contribution in [0.1, 0.15) is 16.2 Å². The molecule has 0 bridgehead atoms. The molecule has 0 radical (unpaired) electrons. The minimum Gasteiger partial charge on any atom is -0.359 e. The van der Waals surface area contributed by atoms with Crippen molar-refractivity contribution in [1.29, 1.82) is 0 Å². The zero-order valence-electron chi connectivity index (χ0n) is 10.8. The molecule has 2 saturated heterocycles. The molecule has 0 aromatic carbocycles. The monoisotopic (exact) mass is 280 g/mol. The van der Waals surface area contributed by atoms with E-state index < -0.39 is 5.91 Å². The Bertz CT molecular complexity index is 530. The number of amides is 3. The second-order valence-corrected chi connectivity index (χ2v) is 4.92. The zero-order valence-corrected chi connectivity index (χ0v) is 10.8. The van der Waals surface area contributed by atoms with Crippen molar-refractivity contribution in [2.75, 3.05) is 26.2 Å². The Morgan fingerprint density at radius 1 is 1.60 bits per heavy atom. The molecule has 1 aromatic heterocycles. The largest absolute Gasteiger partial charge is 0.359 e. The number of rotatable bonds is 3. The van der Waals surface area contributed by atoms with Crippen molar-refractivity contribution in [2.45, 2.75) is 12.6 Å². The molecule has 0 saturated carbocycles. The van der Waals surface area contributed by atoms with Crippen LogP contribution in [0.5, 0.6) is 0 Å². The van der Waals surface area contributed by atoms with Crippen molar-refractivity contribution in [3.63, 3.8) is 0 Å². The number of nitrogen functional groups attached to an aromatic ring is 1. The molecule has 2 aliphatic heterocycles. The fourth-order valence-corrected chi connectivity index (χ4v) is 2.60. The summed E-state index contributed by atoms with van der Waals surface area (Å²) in [4.78, 5) is 26.8. The van der Waals surface area contributed by atoms with Crippen molar-refractivity contribution in [3.05, 3.63) is 17.5 Å². The maximum absolute atomic E-state index is 11.5. The van der Waals surface area contributed by atoms with Crippen molar-refractivity contribution < 1.29 is 14.1 Å². The van der Waals surface area contributed by atoms with E-state index in [0.717, 1.165) is 13.1 Å². The molecule has 0 aliphatic carbocycles. The highest BCUT2D eigenvalue weighted by Gasteiger charge is 2.35. The molecule has 1 aromatic rings. The van der Waals surface area contributed by atoms with Crippen molar-refractivity contribution in [1.82, 2.24) is 25.7 Å². The van der Waals surface area contributed by atoms with Crippen LogP contribution in [0.15, 0.2) is 10.6 Å². The van der Waals surface area contributed by atoms with Gasteiger partial charge in [-0.1, -0.05) is 5.16 Å². The molecule has 0 spiro atoms. The lowest BCUT2D eigenvalue weighted by Crippen LogP contribution is -2.51. The molecule has 1 atom stereocenters. The van der Waals surface area contributed by atoms with E-state index in [1.54, 1.807) is 6.07 Å². The second-order valence-electron chi connectivity index (χ2n) is 4.92. The van der Waals surface area contributed by atoms with Gasteiger partial charge in [-0.15, -0.1) is 0 Å². The Kier molecular flexibility index (Phi) is 3.28. The first-order valence-electron chi connectivity index (χ1n) is 6.40. The van der Waals surface area contributed by atoms with E-state index >= 15 is 0 Å². The average molecular weight is 280 g/mol. The Hall–Kier alpha value is -2.13. The van der Waals surface area contributed by atoms with Gasteiger partial charge in [0.15, 0.2) is 11.5 Å². The molecule has 20 heavy (non-hydrogen) atoms. The standard InChI is InChI=1S/C11H16N6O3/c12-14-10(18)9-3-8(20-15-9)6-16-1-2-17-7(5-16)4-13-11(17)19/h3,7H,1-2,4-6,12H2,(H,13,19)(H,14,18). The summed E-state index contributed by atoms with van der Waals surface area (Å²) in [6, 6.07) is 1.79. The number of hydrogen-bond donors (Lipinski definition) is 3. The van der Waals surface area contributed by atoms with Gasteiger partial charge in [-0.2, -0.15) is 0 Å². The lowest BCUT2D eigenvalue weighted by atomic mass is 10.2. The quantitative estimate of drug-likeness (QED) is 0.352. The molecule has 1 unspecified atom stereocenters. The van der Waals surface area contributed by atoms with Gasteiger partial charge in [-0.25, -0.2) is 10.6 Å². The summed E-state index contributed by atoms with van der Waals surface area (Å²) in [6.45, 7) is 3.47. The Morgan fingerprint density at radius 2 is 2.45 bits per heavy atom. The van der Waals surface area contributed by atoms with Gasteiger partial charge in [0.25, 0.3) is 5.91 Å². The summed E-state index contributed by atoms with van der Waals surface area (Å²) < 4.78 is 5.12. The molecule has 9 heteroatoms. The first-order chi connectivity index (χ1) is 9.67. The molecular formula is C11H16N6O3. The summed E-state index contributed by atoms with van der Waals surface area (Å²) in [5.41, 5.74) is 2.17. The van der Waals surface area contributed by atoms with E-state index in [4.69, 9.17) is 10.4 Å². The van der Waals surface area contributed by atoms with Crippen molar-refractivity contribution in [2.24, 2.45) is 5.84 Å². The van der Waals surface area contributed by atoms with Crippen LogP contribution in [0, 0.1) is 0 Å². The number of hydrazine groups is 1. The molecule has 2 aliphatic rings. The van der Waals surface area contributed by atoms with Crippen molar-refractivity contribution >= 4 is 11.9 Å². The van der Waals surface area contributed by atoms with Gasteiger partial charge in [0.05, 0.1) is 12.6 Å². The highest BCUT2D eigenvalue weighted by atomic mass is 16.5. The Labute approximate surface area is 115 Å². The van der Waals surface area contributed by atoms with Crippen molar-refractivity contribution in [3.8, 4) is 0 Å². The smallest absolute Gasteiger partial charge is 0.317 e. The number of aromatic nitrogens is 1. The number of piperazine rings is 1. The van der Waals surface area contributed by atoms with E-state index in [-0.39, 0.29) is 17.8 Å². The highest BCUT2D eigenvalue weighted by Crippen LogP contribution is 2.16. The van der Waals surface area contributed by atoms with Crippen LogP contribution in [-0.2, 0) is 6.54 Å². The first-order valence-corrected chi connectivity index (χ1v) is 6.40. The second kappa shape index (κ2) is 5.10. The number of fused-ring (bicyclic) bond motifs is 1. The zero-order chi connectivity index (χ0) is 14.1. The first kappa shape index (κ1) is 12.9. The van der Waals surface area contributed by atoms with Crippen LogP contribution in [0.4, 0.5) is 4.79 Å². The van der Waals surface area contributed by atoms with E-state index in [1.807, 2.05) is 10.3 Å². The van der Waals surface area contributed by atoms with E-state index in [0.29, 0.717) is 25.4 Å². The molecule has 2 fully saturated rings. The Morgan fingerprint density at radius 3 is 3.25 bits per heavy atom. The average Bonchev–Trinajstić information content (AvgIpc) is 3.06. The predicted molar refractivity (Wildman–Crippen MR) is 67.3 cm³/mol. The van der Waals surface area contributed by atoms with Crippen LogP contribution in [0.3, 0.4) is 0 Å². The number of urea groups is 1. The van der Waals surface area contributed by atoms with Crippen LogP contribution in [0.25, 0.3) is 0 Å². The fraction of sp³-hybridized carbons (Fsp3) is 0.545. The minimum atomic E-state index is -0.476. The summed E-state index contributed by atoms with van der Waals surface area (Å²) in [6.07, 6.45) is 0. The normalized spacial score (nSPS) is 22.6. The van der Waals surface area contributed by atoms with Gasteiger partial charge in [-0.3, -0.25) is 15.1 Å². The maximum atomic E-state index is 11.5. The summed E-state index contributed by atoms with van der Waals surface area (Å²) in [5.74, 6) is 5.16. The lowest BCUT2D eigenvalue weighted by Gasteiger charge is -2.35. The summed E-state index contributed by atoms with van der Waals surface area (Å²) >= 11 is 0. The van der Waals surface area contributed by atoms with Crippen LogP contribution in [0.2, 0.25) is 0 Å².